The Balaban J connectivity index is 0.00000364. The third kappa shape index (κ3) is 8.10. The predicted molar refractivity (Wildman–Crippen MR) is 115 cm³/mol. The molecule has 0 bridgehead atoms. The summed E-state index contributed by atoms with van der Waals surface area (Å²) < 4.78 is 37.7. The van der Waals surface area contributed by atoms with Gasteiger partial charge in [-0.05, 0) is 39.2 Å². The first-order valence-electron chi connectivity index (χ1n) is 8.99. The van der Waals surface area contributed by atoms with E-state index < -0.39 is 11.9 Å². The molecule has 1 saturated heterocycles. The molecule has 27 heavy (non-hydrogen) atoms. The van der Waals surface area contributed by atoms with E-state index in [0.717, 1.165) is 36.4 Å². The first-order valence-corrected chi connectivity index (χ1v) is 9.87. The molecule has 10 heteroatoms. The van der Waals surface area contributed by atoms with E-state index in [2.05, 4.69) is 39.4 Å². The summed E-state index contributed by atoms with van der Waals surface area (Å²) in [6.45, 7) is 8.03. The van der Waals surface area contributed by atoms with Crippen LogP contribution in [0.3, 0.4) is 0 Å². The lowest BCUT2D eigenvalue weighted by Gasteiger charge is -2.35. The number of thiazole rings is 1. The fourth-order valence-electron chi connectivity index (χ4n) is 3.04. The van der Waals surface area contributed by atoms with Crippen molar-refractivity contribution in [1.82, 2.24) is 20.5 Å². The SMILES string of the molecule is CN=C(NCCc1nc(C(F)(F)F)cs1)NCC1CCCN(C(C)C)C1.I. The van der Waals surface area contributed by atoms with Crippen LogP contribution < -0.4 is 10.6 Å². The molecule has 0 spiro atoms. The summed E-state index contributed by atoms with van der Waals surface area (Å²) in [7, 11) is 1.70. The maximum atomic E-state index is 12.6. The first kappa shape index (κ1) is 24.4. The molecule has 1 unspecified atom stereocenters. The average Bonchev–Trinajstić information content (AvgIpc) is 3.07. The molecule has 0 saturated carbocycles. The van der Waals surface area contributed by atoms with Gasteiger partial charge in [-0.1, -0.05) is 0 Å². The number of rotatable bonds is 6. The van der Waals surface area contributed by atoms with Crippen LogP contribution in [0.1, 0.15) is 37.4 Å². The molecule has 0 aromatic carbocycles. The number of hydrogen-bond acceptors (Lipinski definition) is 4. The van der Waals surface area contributed by atoms with Crippen molar-refractivity contribution in [3.8, 4) is 0 Å². The Bertz CT molecular complexity index is 591. The zero-order chi connectivity index (χ0) is 19.2. The molecule has 2 heterocycles. The van der Waals surface area contributed by atoms with Gasteiger partial charge in [-0.3, -0.25) is 4.99 Å². The van der Waals surface area contributed by atoms with Crippen LogP contribution in [0.2, 0.25) is 0 Å². The van der Waals surface area contributed by atoms with Gasteiger partial charge in [-0.15, -0.1) is 35.3 Å². The third-order valence-corrected chi connectivity index (χ3v) is 5.44. The number of aliphatic imine (C=N–C) groups is 1. The van der Waals surface area contributed by atoms with E-state index in [1.165, 1.54) is 12.8 Å². The molecule has 0 radical (unpaired) electrons. The van der Waals surface area contributed by atoms with Gasteiger partial charge >= 0.3 is 6.18 Å². The van der Waals surface area contributed by atoms with Crippen molar-refractivity contribution in [2.24, 2.45) is 10.9 Å². The van der Waals surface area contributed by atoms with Gasteiger partial charge < -0.3 is 15.5 Å². The van der Waals surface area contributed by atoms with E-state index in [0.29, 0.717) is 35.9 Å². The molecule has 2 N–H and O–H groups in total. The normalized spacial score (nSPS) is 19.1. The number of piperidine rings is 1. The quantitative estimate of drug-likeness (QED) is 0.343. The molecule has 0 aliphatic carbocycles. The lowest BCUT2D eigenvalue weighted by Crippen LogP contribution is -2.46. The monoisotopic (exact) mass is 519 g/mol. The smallest absolute Gasteiger partial charge is 0.356 e. The molecule has 1 aromatic heterocycles. The molecule has 1 aliphatic rings. The van der Waals surface area contributed by atoms with Gasteiger partial charge in [0.05, 0.1) is 5.01 Å². The Morgan fingerprint density at radius 3 is 2.74 bits per heavy atom. The van der Waals surface area contributed by atoms with Crippen LogP contribution in [0, 0.1) is 5.92 Å². The van der Waals surface area contributed by atoms with E-state index in [4.69, 9.17) is 0 Å². The number of alkyl halides is 3. The standard InChI is InChI=1S/C17H28F3N5S.HI/c1-12(2)25-8-4-5-13(10-25)9-23-16(21-3)22-7-6-15-24-14(11-26-15)17(18,19)20;/h11-13H,4-10H2,1-3H3,(H2,21,22,23);1H. The summed E-state index contributed by atoms with van der Waals surface area (Å²) in [6.07, 6.45) is -1.52. The van der Waals surface area contributed by atoms with E-state index in [1.807, 2.05) is 0 Å². The average molecular weight is 519 g/mol. The second-order valence-corrected chi connectivity index (χ2v) is 7.79. The van der Waals surface area contributed by atoms with Crippen LogP contribution in [-0.2, 0) is 12.6 Å². The Morgan fingerprint density at radius 1 is 1.41 bits per heavy atom. The summed E-state index contributed by atoms with van der Waals surface area (Å²) in [6, 6.07) is 0.565. The molecule has 1 atom stereocenters. The van der Waals surface area contributed by atoms with E-state index in [1.54, 1.807) is 7.05 Å². The van der Waals surface area contributed by atoms with Gasteiger partial charge in [0.2, 0.25) is 0 Å². The number of hydrogen-bond donors (Lipinski definition) is 2. The maximum Gasteiger partial charge on any atom is 0.434 e. The molecule has 1 aromatic rings. The van der Waals surface area contributed by atoms with Crippen molar-refractivity contribution < 1.29 is 13.2 Å². The highest BCUT2D eigenvalue weighted by Gasteiger charge is 2.33. The minimum Gasteiger partial charge on any atom is -0.356 e. The molecule has 1 fully saturated rings. The summed E-state index contributed by atoms with van der Waals surface area (Å²) in [5.41, 5.74) is -0.813. The first-order chi connectivity index (χ1) is 12.3. The van der Waals surface area contributed by atoms with E-state index in [-0.39, 0.29) is 24.0 Å². The van der Waals surface area contributed by atoms with Crippen molar-refractivity contribution in [1.29, 1.82) is 0 Å². The van der Waals surface area contributed by atoms with Gasteiger partial charge in [0.1, 0.15) is 0 Å². The number of nitrogens with one attached hydrogen (secondary N) is 2. The van der Waals surface area contributed by atoms with Crippen LogP contribution in [-0.4, -0.2) is 55.1 Å². The summed E-state index contributed by atoms with van der Waals surface area (Å²) in [5, 5.41) is 8.01. The van der Waals surface area contributed by atoms with Crippen molar-refractivity contribution in [2.75, 3.05) is 33.2 Å². The van der Waals surface area contributed by atoms with E-state index >= 15 is 0 Å². The van der Waals surface area contributed by atoms with Gasteiger partial charge in [0.15, 0.2) is 11.7 Å². The van der Waals surface area contributed by atoms with E-state index in [9.17, 15) is 13.2 Å². The predicted octanol–water partition coefficient (Wildman–Crippen LogP) is 3.61. The van der Waals surface area contributed by atoms with Gasteiger partial charge in [0.25, 0.3) is 0 Å². The summed E-state index contributed by atoms with van der Waals surface area (Å²) in [4.78, 5) is 10.3. The van der Waals surface area contributed by atoms with Crippen molar-refractivity contribution in [2.45, 2.75) is 45.3 Å². The lowest BCUT2D eigenvalue weighted by molar-refractivity contribution is -0.140. The Morgan fingerprint density at radius 2 is 2.15 bits per heavy atom. The van der Waals surface area contributed by atoms with Crippen LogP contribution in [0.5, 0.6) is 0 Å². The highest BCUT2D eigenvalue weighted by Crippen LogP contribution is 2.30. The fraction of sp³-hybridized carbons (Fsp3) is 0.765. The zero-order valence-corrected chi connectivity index (χ0v) is 19.1. The Labute approximate surface area is 180 Å². The van der Waals surface area contributed by atoms with Gasteiger partial charge in [-0.25, -0.2) is 4.98 Å². The minimum absolute atomic E-state index is 0. The molecular formula is C17H29F3IN5S. The topological polar surface area (TPSA) is 52.6 Å². The highest BCUT2D eigenvalue weighted by atomic mass is 127. The summed E-state index contributed by atoms with van der Waals surface area (Å²) in [5.74, 6) is 1.26. The van der Waals surface area contributed by atoms with Crippen molar-refractivity contribution in [3.05, 3.63) is 16.1 Å². The van der Waals surface area contributed by atoms with Crippen LogP contribution in [0.25, 0.3) is 0 Å². The van der Waals surface area contributed by atoms with Crippen LogP contribution in [0.15, 0.2) is 10.4 Å². The Hall–Kier alpha value is -0.620. The fourth-order valence-corrected chi connectivity index (χ4v) is 3.84. The highest BCUT2D eigenvalue weighted by molar-refractivity contribution is 14.0. The third-order valence-electron chi connectivity index (χ3n) is 4.54. The van der Waals surface area contributed by atoms with Gasteiger partial charge in [-0.2, -0.15) is 13.2 Å². The number of guanidine groups is 1. The Kier molecular flexibility index (Phi) is 10.3. The maximum absolute atomic E-state index is 12.6. The largest absolute Gasteiger partial charge is 0.434 e. The molecule has 5 nitrogen and oxygen atoms in total. The second kappa shape index (κ2) is 11.4. The molecule has 0 amide bonds. The molecule has 156 valence electrons. The minimum atomic E-state index is -4.37. The van der Waals surface area contributed by atoms with Crippen LogP contribution in [0.4, 0.5) is 13.2 Å². The number of halogens is 4. The lowest BCUT2D eigenvalue weighted by atomic mass is 9.97. The second-order valence-electron chi connectivity index (χ2n) is 6.85. The number of nitrogens with zero attached hydrogens (tertiary/aromatic N) is 3. The van der Waals surface area contributed by atoms with Crippen LogP contribution >= 0.6 is 35.3 Å². The van der Waals surface area contributed by atoms with Crippen molar-refractivity contribution >= 4 is 41.3 Å². The van der Waals surface area contributed by atoms with Crippen molar-refractivity contribution in [3.63, 3.8) is 0 Å². The zero-order valence-electron chi connectivity index (χ0n) is 16.0. The summed E-state index contributed by atoms with van der Waals surface area (Å²) >= 11 is 1.04. The number of likely N-dealkylation sites (tertiary alicyclic amines) is 1. The molecule has 2 rings (SSSR count). The number of aromatic nitrogens is 1. The molecular weight excluding hydrogens is 490 g/mol. The van der Waals surface area contributed by atoms with Gasteiger partial charge in [0, 0.05) is 44.5 Å². The molecule has 1 aliphatic heterocycles.